The number of benzene rings is 1. The van der Waals surface area contributed by atoms with E-state index < -0.39 is 18.5 Å². The second kappa shape index (κ2) is 9.74. The third-order valence-electron chi connectivity index (χ3n) is 5.20. The number of aryl methyl sites for hydroxylation is 2. The van der Waals surface area contributed by atoms with Crippen LogP contribution >= 0.6 is 11.3 Å². The summed E-state index contributed by atoms with van der Waals surface area (Å²) in [5, 5.41) is 6.00. The highest BCUT2D eigenvalue weighted by Gasteiger charge is 2.28. The first-order chi connectivity index (χ1) is 15.5. The van der Waals surface area contributed by atoms with Crippen LogP contribution in [0.3, 0.4) is 0 Å². The van der Waals surface area contributed by atoms with Crippen molar-refractivity contribution < 1.29 is 19.1 Å². The number of aromatic nitrogens is 1. The maximum absolute atomic E-state index is 13.0. The predicted octanol–water partition coefficient (Wildman–Crippen LogP) is 4.38. The van der Waals surface area contributed by atoms with Gasteiger partial charge in [0.05, 0.1) is 11.1 Å². The molecule has 1 aliphatic carbocycles. The molecule has 0 radical (unpaired) electrons. The highest BCUT2D eigenvalue weighted by molar-refractivity contribution is 7.17. The van der Waals surface area contributed by atoms with Crippen molar-refractivity contribution in [2.75, 3.05) is 17.2 Å². The predicted molar refractivity (Wildman–Crippen MR) is 123 cm³/mol. The van der Waals surface area contributed by atoms with Gasteiger partial charge >= 0.3 is 5.97 Å². The molecule has 0 atom stereocenters. The molecule has 0 bridgehead atoms. The van der Waals surface area contributed by atoms with E-state index in [2.05, 4.69) is 15.6 Å². The van der Waals surface area contributed by atoms with Crippen LogP contribution in [-0.4, -0.2) is 29.4 Å². The molecule has 0 spiro atoms. The van der Waals surface area contributed by atoms with Crippen LogP contribution in [0.25, 0.3) is 0 Å². The maximum atomic E-state index is 13.0. The zero-order chi connectivity index (χ0) is 22.5. The number of nitrogens with one attached hydrogen (secondary N) is 2. The number of fused-ring (bicyclic) bond motifs is 1. The van der Waals surface area contributed by atoms with Crippen molar-refractivity contribution in [2.45, 2.75) is 32.6 Å². The van der Waals surface area contributed by atoms with Gasteiger partial charge in [0.25, 0.3) is 11.8 Å². The standard InChI is InChI=1S/C24H23N3O4S/c1-15-8-10-17(11-9-15)26-20(28)14-31-24(30)21-18-6-2-3-7-19(18)32-23(21)27-22(29)16-5-4-12-25-13-16/h4-5,8-13H,2-3,6-7,14H2,1H3,(H,26,28)(H,27,29). The number of pyridine rings is 1. The van der Waals surface area contributed by atoms with E-state index in [4.69, 9.17) is 4.74 Å². The Morgan fingerprint density at radius 2 is 1.84 bits per heavy atom. The van der Waals surface area contributed by atoms with Crippen LogP contribution in [0.5, 0.6) is 0 Å². The molecule has 0 saturated carbocycles. The number of ether oxygens (including phenoxy) is 1. The molecule has 8 heteroatoms. The number of carbonyl (C=O) groups is 3. The molecule has 2 N–H and O–H groups in total. The number of hydrogen-bond acceptors (Lipinski definition) is 6. The summed E-state index contributed by atoms with van der Waals surface area (Å²) in [7, 11) is 0. The monoisotopic (exact) mass is 449 g/mol. The van der Waals surface area contributed by atoms with Crippen LogP contribution in [0.4, 0.5) is 10.7 Å². The Kier molecular flexibility index (Phi) is 6.61. The van der Waals surface area contributed by atoms with Crippen molar-refractivity contribution in [1.29, 1.82) is 0 Å². The maximum Gasteiger partial charge on any atom is 0.341 e. The van der Waals surface area contributed by atoms with Crippen molar-refractivity contribution in [1.82, 2.24) is 4.98 Å². The quantitative estimate of drug-likeness (QED) is 0.545. The molecule has 7 nitrogen and oxygen atoms in total. The van der Waals surface area contributed by atoms with Gasteiger partial charge < -0.3 is 15.4 Å². The summed E-state index contributed by atoms with van der Waals surface area (Å²) in [6, 6.07) is 10.7. The zero-order valence-electron chi connectivity index (χ0n) is 17.6. The van der Waals surface area contributed by atoms with E-state index in [-0.39, 0.29) is 5.91 Å². The van der Waals surface area contributed by atoms with Crippen molar-refractivity contribution >= 4 is 39.8 Å². The molecule has 0 saturated heterocycles. The summed E-state index contributed by atoms with van der Waals surface area (Å²) >= 11 is 1.40. The second-order valence-corrected chi connectivity index (χ2v) is 8.71. The van der Waals surface area contributed by atoms with E-state index in [0.29, 0.717) is 21.8 Å². The number of amides is 2. The smallest absolute Gasteiger partial charge is 0.341 e. The fourth-order valence-electron chi connectivity index (χ4n) is 3.58. The minimum atomic E-state index is -0.607. The topological polar surface area (TPSA) is 97.4 Å². The third-order valence-corrected chi connectivity index (χ3v) is 6.40. The van der Waals surface area contributed by atoms with E-state index in [1.165, 1.54) is 17.5 Å². The summed E-state index contributed by atoms with van der Waals surface area (Å²) in [6.07, 6.45) is 6.66. The van der Waals surface area contributed by atoms with E-state index in [1.807, 2.05) is 19.1 Å². The van der Waals surface area contributed by atoms with Gasteiger partial charge in [-0.2, -0.15) is 0 Å². The molecule has 2 amide bonds. The SMILES string of the molecule is Cc1ccc(NC(=O)COC(=O)c2c(NC(=O)c3cccnc3)sc3c2CCCC3)cc1. The van der Waals surface area contributed by atoms with E-state index in [0.717, 1.165) is 41.7 Å². The Morgan fingerprint density at radius 3 is 2.59 bits per heavy atom. The van der Waals surface area contributed by atoms with Crippen LogP contribution in [0.2, 0.25) is 0 Å². The lowest BCUT2D eigenvalue weighted by Crippen LogP contribution is -2.22. The van der Waals surface area contributed by atoms with Gasteiger partial charge in [0, 0.05) is 23.0 Å². The van der Waals surface area contributed by atoms with Gasteiger partial charge in [-0.15, -0.1) is 11.3 Å². The van der Waals surface area contributed by atoms with Crippen LogP contribution in [-0.2, 0) is 22.4 Å². The number of nitrogens with zero attached hydrogens (tertiary/aromatic N) is 1. The van der Waals surface area contributed by atoms with E-state index in [9.17, 15) is 14.4 Å². The molecule has 4 rings (SSSR count). The molecular formula is C24H23N3O4S. The van der Waals surface area contributed by atoms with Crippen LogP contribution < -0.4 is 10.6 Å². The minimum Gasteiger partial charge on any atom is -0.452 e. The number of rotatable bonds is 6. The number of hydrogen-bond donors (Lipinski definition) is 2. The molecule has 2 heterocycles. The van der Waals surface area contributed by atoms with Gasteiger partial charge in [-0.1, -0.05) is 17.7 Å². The Labute approximate surface area is 189 Å². The lowest BCUT2D eigenvalue weighted by Gasteiger charge is -2.13. The van der Waals surface area contributed by atoms with Gasteiger partial charge in [0.15, 0.2) is 6.61 Å². The van der Waals surface area contributed by atoms with Crippen molar-refractivity contribution in [2.24, 2.45) is 0 Å². The number of esters is 1. The van der Waals surface area contributed by atoms with Gasteiger partial charge in [-0.05, 0) is 62.4 Å². The van der Waals surface area contributed by atoms with Crippen LogP contribution in [0.15, 0.2) is 48.8 Å². The van der Waals surface area contributed by atoms with Gasteiger partial charge in [-0.3, -0.25) is 14.6 Å². The average molecular weight is 450 g/mol. The third kappa shape index (κ3) is 5.03. The summed E-state index contributed by atoms with van der Waals surface area (Å²) in [5.74, 6) is -1.37. The Morgan fingerprint density at radius 1 is 1.06 bits per heavy atom. The molecule has 164 valence electrons. The molecule has 3 aromatic rings. The molecular weight excluding hydrogens is 426 g/mol. The van der Waals surface area contributed by atoms with Crippen LogP contribution in [0.1, 0.15) is 49.6 Å². The Balaban J connectivity index is 1.48. The molecule has 0 unspecified atom stereocenters. The molecule has 0 aliphatic heterocycles. The molecule has 2 aromatic heterocycles. The second-order valence-electron chi connectivity index (χ2n) is 7.60. The normalized spacial score (nSPS) is 12.5. The van der Waals surface area contributed by atoms with Gasteiger partial charge in [-0.25, -0.2) is 4.79 Å². The summed E-state index contributed by atoms with van der Waals surface area (Å²) in [4.78, 5) is 42.9. The Hall–Kier alpha value is -3.52. The highest BCUT2D eigenvalue weighted by Crippen LogP contribution is 2.38. The Bertz CT molecular complexity index is 1140. The summed E-state index contributed by atoms with van der Waals surface area (Å²) in [6.45, 7) is 1.55. The molecule has 1 aliphatic rings. The summed E-state index contributed by atoms with van der Waals surface area (Å²) in [5.41, 5.74) is 3.37. The fraction of sp³-hybridized carbons (Fsp3) is 0.250. The minimum absolute atomic E-state index is 0.345. The number of carbonyl (C=O) groups excluding carboxylic acids is 3. The molecule has 0 fully saturated rings. The highest BCUT2D eigenvalue weighted by atomic mass is 32.1. The van der Waals surface area contributed by atoms with Crippen molar-refractivity contribution in [3.63, 3.8) is 0 Å². The van der Waals surface area contributed by atoms with Crippen molar-refractivity contribution in [3.8, 4) is 0 Å². The first-order valence-electron chi connectivity index (χ1n) is 10.4. The van der Waals surface area contributed by atoms with Gasteiger partial charge in [0.1, 0.15) is 5.00 Å². The number of thiophene rings is 1. The molecule has 1 aromatic carbocycles. The first kappa shape index (κ1) is 21.7. The summed E-state index contributed by atoms with van der Waals surface area (Å²) < 4.78 is 5.33. The average Bonchev–Trinajstić information content (AvgIpc) is 3.17. The van der Waals surface area contributed by atoms with Crippen molar-refractivity contribution in [3.05, 3.63) is 75.9 Å². The van der Waals surface area contributed by atoms with E-state index in [1.54, 1.807) is 30.5 Å². The number of anilines is 2. The lowest BCUT2D eigenvalue weighted by molar-refractivity contribution is -0.119. The van der Waals surface area contributed by atoms with E-state index >= 15 is 0 Å². The lowest BCUT2D eigenvalue weighted by atomic mass is 9.95. The van der Waals surface area contributed by atoms with Gasteiger partial charge in [0.2, 0.25) is 0 Å². The molecule has 32 heavy (non-hydrogen) atoms. The fourth-order valence-corrected chi connectivity index (χ4v) is 4.85. The largest absolute Gasteiger partial charge is 0.452 e. The first-order valence-corrected chi connectivity index (χ1v) is 11.2. The van der Waals surface area contributed by atoms with Crippen LogP contribution in [0, 0.1) is 6.92 Å². The zero-order valence-corrected chi connectivity index (χ0v) is 18.5.